The molecule has 1 saturated heterocycles. The number of pyridine rings is 1. The summed E-state index contributed by atoms with van der Waals surface area (Å²) in [5, 5.41) is 3.49. The molecule has 3 heterocycles. The third-order valence-electron chi connectivity index (χ3n) is 4.18. The molecule has 2 aromatic rings. The topological polar surface area (TPSA) is 62.8 Å². The number of piperidine rings is 1. The molecule has 0 amide bonds. The molecule has 1 atom stereocenters. The van der Waals surface area contributed by atoms with E-state index in [4.69, 9.17) is 9.72 Å². The molecule has 3 rings (SSSR count). The van der Waals surface area contributed by atoms with Gasteiger partial charge in [0.2, 0.25) is 5.88 Å². The molecule has 0 saturated carbocycles. The Morgan fingerprint density at radius 1 is 1.37 bits per heavy atom. The van der Waals surface area contributed by atoms with Gasteiger partial charge in [0.1, 0.15) is 5.82 Å². The van der Waals surface area contributed by atoms with Gasteiger partial charge in [-0.3, -0.25) is 0 Å². The fourth-order valence-corrected chi connectivity index (χ4v) is 2.88. The average Bonchev–Trinajstić information content (AvgIpc) is 2.91. The lowest BCUT2D eigenvalue weighted by Gasteiger charge is -2.35. The first kappa shape index (κ1) is 12.4. The molecule has 2 N–H and O–H groups in total. The quantitative estimate of drug-likeness (QED) is 0.886. The molecule has 0 aromatic carbocycles. The van der Waals surface area contributed by atoms with Gasteiger partial charge in [0.05, 0.1) is 12.6 Å². The second-order valence-corrected chi connectivity index (χ2v) is 5.22. The summed E-state index contributed by atoms with van der Waals surface area (Å²) in [6.45, 7) is 4.32. The number of methoxy groups -OCH3 is 1. The Balaban J connectivity index is 2.03. The molecule has 0 spiro atoms. The fraction of sp³-hybridized carbons (Fsp3) is 0.571. The summed E-state index contributed by atoms with van der Waals surface area (Å²) in [6.07, 6.45) is 3.45. The molecule has 5 heteroatoms. The molecule has 5 nitrogen and oxygen atoms in total. The van der Waals surface area contributed by atoms with Crippen LogP contribution in [-0.2, 0) is 5.41 Å². The first-order valence-electron chi connectivity index (χ1n) is 6.89. The van der Waals surface area contributed by atoms with Gasteiger partial charge in [-0.2, -0.15) is 4.98 Å². The van der Waals surface area contributed by atoms with Gasteiger partial charge >= 0.3 is 0 Å². The number of ether oxygens (including phenoxy) is 1. The second-order valence-electron chi connectivity index (χ2n) is 5.22. The van der Waals surface area contributed by atoms with Gasteiger partial charge in [-0.25, -0.2) is 4.98 Å². The zero-order chi connectivity index (χ0) is 13.3. The number of fused-ring (bicyclic) bond motifs is 1. The van der Waals surface area contributed by atoms with Crippen molar-refractivity contribution < 1.29 is 4.74 Å². The monoisotopic (exact) mass is 260 g/mol. The Hall–Kier alpha value is -1.62. The van der Waals surface area contributed by atoms with E-state index >= 15 is 0 Å². The lowest BCUT2D eigenvalue weighted by molar-refractivity contribution is 0.290. The number of H-pyrrole nitrogens is 1. The summed E-state index contributed by atoms with van der Waals surface area (Å²) >= 11 is 0. The third kappa shape index (κ3) is 2.08. The first-order chi connectivity index (χ1) is 9.27. The number of nitrogens with one attached hydrogen (secondary N) is 2. The van der Waals surface area contributed by atoms with Gasteiger partial charge < -0.3 is 15.0 Å². The maximum Gasteiger partial charge on any atom is 0.215 e. The molecule has 1 unspecified atom stereocenters. The van der Waals surface area contributed by atoms with Gasteiger partial charge in [0.15, 0.2) is 5.65 Å². The van der Waals surface area contributed by atoms with E-state index in [2.05, 4.69) is 22.2 Å². The van der Waals surface area contributed by atoms with Crippen molar-refractivity contribution in [2.45, 2.75) is 31.6 Å². The zero-order valence-corrected chi connectivity index (χ0v) is 11.5. The Morgan fingerprint density at radius 3 is 2.95 bits per heavy atom. The number of aromatic nitrogens is 3. The van der Waals surface area contributed by atoms with Crippen LogP contribution in [-0.4, -0.2) is 35.2 Å². The highest BCUT2D eigenvalue weighted by atomic mass is 16.5. The van der Waals surface area contributed by atoms with Crippen LogP contribution >= 0.6 is 0 Å². The molecule has 0 radical (unpaired) electrons. The fourth-order valence-electron chi connectivity index (χ4n) is 2.88. The number of imidazole rings is 1. The minimum absolute atomic E-state index is 0.117. The minimum Gasteiger partial charge on any atom is -0.481 e. The van der Waals surface area contributed by atoms with E-state index in [0.717, 1.165) is 36.5 Å². The van der Waals surface area contributed by atoms with Gasteiger partial charge in [-0.05, 0) is 31.9 Å². The maximum atomic E-state index is 5.15. The molecule has 2 aromatic heterocycles. The predicted molar refractivity (Wildman–Crippen MR) is 74.5 cm³/mol. The van der Waals surface area contributed by atoms with Gasteiger partial charge in [-0.1, -0.05) is 6.92 Å². The van der Waals surface area contributed by atoms with Crippen LogP contribution in [0.2, 0.25) is 0 Å². The molecular weight excluding hydrogens is 240 g/mol. The Kier molecular flexibility index (Phi) is 3.14. The van der Waals surface area contributed by atoms with E-state index in [1.54, 1.807) is 7.11 Å². The number of aromatic amines is 1. The van der Waals surface area contributed by atoms with Crippen molar-refractivity contribution in [3.8, 4) is 5.88 Å². The van der Waals surface area contributed by atoms with Crippen molar-refractivity contribution in [1.82, 2.24) is 20.3 Å². The smallest absolute Gasteiger partial charge is 0.215 e. The molecule has 1 aliphatic rings. The summed E-state index contributed by atoms with van der Waals surface area (Å²) in [6, 6.07) is 3.85. The first-order valence-corrected chi connectivity index (χ1v) is 6.89. The maximum absolute atomic E-state index is 5.15. The van der Waals surface area contributed by atoms with Gasteiger partial charge in [0.25, 0.3) is 0 Å². The highest BCUT2D eigenvalue weighted by molar-refractivity contribution is 5.71. The van der Waals surface area contributed by atoms with Crippen LogP contribution in [0.4, 0.5) is 0 Å². The van der Waals surface area contributed by atoms with Gasteiger partial charge in [0, 0.05) is 18.0 Å². The van der Waals surface area contributed by atoms with E-state index in [1.807, 2.05) is 12.1 Å². The van der Waals surface area contributed by atoms with E-state index in [0.29, 0.717) is 5.88 Å². The Morgan fingerprint density at radius 2 is 2.26 bits per heavy atom. The van der Waals surface area contributed by atoms with Crippen LogP contribution in [0.25, 0.3) is 11.2 Å². The molecule has 102 valence electrons. The molecule has 1 fully saturated rings. The predicted octanol–water partition coefficient (Wildman–Crippen LogP) is 2.00. The summed E-state index contributed by atoms with van der Waals surface area (Å²) in [5.41, 5.74) is 1.84. The molecular formula is C14H20N4O. The van der Waals surface area contributed by atoms with E-state index in [-0.39, 0.29) is 5.41 Å². The normalized spacial score (nSPS) is 23.7. The van der Waals surface area contributed by atoms with Crippen LogP contribution in [0.5, 0.6) is 5.88 Å². The summed E-state index contributed by atoms with van der Waals surface area (Å²) in [7, 11) is 1.63. The summed E-state index contributed by atoms with van der Waals surface area (Å²) < 4.78 is 5.15. The molecule has 0 bridgehead atoms. The molecule has 0 aliphatic carbocycles. The lowest BCUT2D eigenvalue weighted by Crippen LogP contribution is -2.43. The average molecular weight is 260 g/mol. The highest BCUT2D eigenvalue weighted by Crippen LogP contribution is 2.33. The SMILES string of the molecule is CCC1(c2nc3nc(OC)ccc3[nH]2)CCCNC1. The lowest BCUT2D eigenvalue weighted by atomic mass is 9.77. The summed E-state index contributed by atoms with van der Waals surface area (Å²) in [5.74, 6) is 1.66. The summed E-state index contributed by atoms with van der Waals surface area (Å²) in [4.78, 5) is 12.5. The zero-order valence-electron chi connectivity index (χ0n) is 11.5. The van der Waals surface area contributed by atoms with Crippen molar-refractivity contribution in [3.05, 3.63) is 18.0 Å². The highest BCUT2D eigenvalue weighted by Gasteiger charge is 2.35. The minimum atomic E-state index is 0.117. The van der Waals surface area contributed by atoms with Gasteiger partial charge in [-0.15, -0.1) is 0 Å². The van der Waals surface area contributed by atoms with Crippen LogP contribution in [0.1, 0.15) is 32.0 Å². The molecule has 19 heavy (non-hydrogen) atoms. The number of hydrogen-bond donors (Lipinski definition) is 2. The number of hydrogen-bond acceptors (Lipinski definition) is 4. The van der Waals surface area contributed by atoms with Crippen molar-refractivity contribution in [2.24, 2.45) is 0 Å². The van der Waals surface area contributed by atoms with Crippen LogP contribution < -0.4 is 10.1 Å². The van der Waals surface area contributed by atoms with Crippen LogP contribution in [0.3, 0.4) is 0 Å². The van der Waals surface area contributed by atoms with Crippen molar-refractivity contribution >= 4 is 11.2 Å². The number of rotatable bonds is 3. The van der Waals surface area contributed by atoms with Crippen molar-refractivity contribution in [3.63, 3.8) is 0 Å². The second kappa shape index (κ2) is 4.81. The largest absolute Gasteiger partial charge is 0.481 e. The van der Waals surface area contributed by atoms with E-state index < -0.39 is 0 Å². The third-order valence-corrected chi connectivity index (χ3v) is 4.18. The van der Waals surface area contributed by atoms with Crippen LogP contribution in [0.15, 0.2) is 12.1 Å². The van der Waals surface area contributed by atoms with Crippen LogP contribution in [0, 0.1) is 0 Å². The number of nitrogens with zero attached hydrogens (tertiary/aromatic N) is 2. The van der Waals surface area contributed by atoms with Crippen molar-refractivity contribution in [1.29, 1.82) is 0 Å². The molecule has 1 aliphatic heterocycles. The van der Waals surface area contributed by atoms with Crippen molar-refractivity contribution in [2.75, 3.05) is 20.2 Å². The Bertz CT molecular complexity index is 572. The standard InChI is InChI=1S/C14H20N4O/c1-3-14(7-4-8-15-9-14)13-16-10-5-6-11(19-2)17-12(10)18-13/h5-6,15H,3-4,7-9H2,1-2H3,(H,16,17,18). The van der Waals surface area contributed by atoms with E-state index in [1.165, 1.54) is 12.8 Å². The van der Waals surface area contributed by atoms with E-state index in [9.17, 15) is 0 Å². The Labute approximate surface area is 112 Å².